The van der Waals surface area contributed by atoms with Crippen LogP contribution in [0.25, 0.3) is 0 Å². The molecule has 0 spiro atoms. The lowest BCUT2D eigenvalue weighted by Gasteiger charge is -2.54. The molecule has 4 aliphatic rings. The van der Waals surface area contributed by atoms with Gasteiger partial charge in [-0.2, -0.15) is 21.6 Å². The summed E-state index contributed by atoms with van der Waals surface area (Å²) in [5.41, 5.74) is -3.61. The van der Waals surface area contributed by atoms with E-state index in [-0.39, 0.29) is 5.41 Å². The second kappa shape index (κ2) is 6.97. The molecule has 4 rings (SSSR count). The molecule has 0 aliphatic heterocycles. The Morgan fingerprint density at radius 2 is 1.86 bits per heavy atom. The fourth-order valence-electron chi connectivity index (χ4n) is 6.14. The highest BCUT2D eigenvalue weighted by molar-refractivity contribution is 7.86. The highest BCUT2D eigenvalue weighted by Crippen LogP contribution is 2.62. The molecular weight excluding hydrogens is 393 g/mol. The number of hydrogen-bond donors (Lipinski definition) is 1. The van der Waals surface area contributed by atoms with E-state index in [0.29, 0.717) is 23.0 Å². The van der Waals surface area contributed by atoms with Crippen molar-refractivity contribution in [3.05, 3.63) is 23.8 Å². The first-order valence-corrected chi connectivity index (χ1v) is 11.2. The van der Waals surface area contributed by atoms with Gasteiger partial charge in [0.05, 0.1) is 0 Å². The smallest absolute Gasteiger partial charge is 0.299 e. The minimum absolute atomic E-state index is 0.138. The Labute approximate surface area is 164 Å². The molecule has 8 heteroatoms. The van der Waals surface area contributed by atoms with Gasteiger partial charge in [-0.25, -0.2) is 0 Å². The van der Waals surface area contributed by atoms with Crippen molar-refractivity contribution in [2.45, 2.75) is 64.3 Å². The normalized spacial score (nSPS) is 39.9. The third kappa shape index (κ3) is 3.58. The van der Waals surface area contributed by atoms with E-state index in [1.165, 1.54) is 31.3 Å². The lowest BCUT2D eigenvalue weighted by Crippen LogP contribution is -2.52. The van der Waals surface area contributed by atoms with Crippen molar-refractivity contribution in [1.29, 1.82) is 0 Å². The standard InChI is InChI=1S/C19H26O.CHF3O3S/c1-18-10-5-7-15(18)14-9-8-13-6-3-4-11-19(13,2)17(14)16(20)12-18;2-1(3,4)8(5,6)7/h3,6,8,14-15,17H,4-5,7,9-12H2,1-2H3;(H,5,6,7)/t14-,15-,17+,18-,19-;/m0./s1. The molecule has 158 valence electrons. The number of fused-ring (bicyclic) bond motifs is 5. The first-order valence-electron chi connectivity index (χ1n) is 9.73. The molecule has 28 heavy (non-hydrogen) atoms. The minimum Gasteiger partial charge on any atom is -0.299 e. The zero-order chi connectivity index (χ0) is 21.0. The second-order valence-electron chi connectivity index (χ2n) is 9.11. The first-order chi connectivity index (χ1) is 12.8. The quantitative estimate of drug-likeness (QED) is 0.438. The summed E-state index contributed by atoms with van der Waals surface area (Å²) in [4.78, 5) is 13.0. The van der Waals surface area contributed by atoms with E-state index >= 15 is 0 Å². The van der Waals surface area contributed by atoms with E-state index < -0.39 is 15.6 Å². The Kier molecular flexibility index (Phi) is 5.37. The molecule has 0 amide bonds. The van der Waals surface area contributed by atoms with Gasteiger partial charge in [0.2, 0.25) is 0 Å². The van der Waals surface area contributed by atoms with Gasteiger partial charge < -0.3 is 0 Å². The maximum Gasteiger partial charge on any atom is 0.522 e. The fourth-order valence-corrected chi connectivity index (χ4v) is 6.14. The average Bonchev–Trinajstić information content (AvgIpc) is 2.93. The number of carbonyl (C=O) groups is 1. The highest BCUT2D eigenvalue weighted by Gasteiger charge is 2.58. The van der Waals surface area contributed by atoms with E-state index in [1.54, 1.807) is 0 Å². The van der Waals surface area contributed by atoms with E-state index in [2.05, 4.69) is 32.1 Å². The number of halogens is 3. The van der Waals surface area contributed by atoms with E-state index in [9.17, 15) is 18.0 Å². The van der Waals surface area contributed by atoms with Crippen LogP contribution in [0.15, 0.2) is 23.8 Å². The van der Waals surface area contributed by atoms with Crippen LogP contribution in [0.5, 0.6) is 0 Å². The molecule has 0 aromatic rings. The number of allylic oxidation sites excluding steroid dienone is 4. The average molecular weight is 420 g/mol. The topological polar surface area (TPSA) is 71.4 Å². The van der Waals surface area contributed by atoms with E-state index in [4.69, 9.17) is 13.0 Å². The monoisotopic (exact) mass is 420 g/mol. The van der Waals surface area contributed by atoms with Crippen LogP contribution in [0.3, 0.4) is 0 Å². The maximum absolute atomic E-state index is 13.0. The summed E-state index contributed by atoms with van der Waals surface area (Å²) in [5.74, 6) is 2.32. The molecule has 0 saturated heterocycles. The molecule has 4 aliphatic carbocycles. The minimum atomic E-state index is -5.84. The van der Waals surface area contributed by atoms with Gasteiger partial charge in [-0.1, -0.05) is 38.5 Å². The summed E-state index contributed by atoms with van der Waals surface area (Å²) >= 11 is 0. The molecule has 0 radical (unpaired) electrons. The molecule has 4 nitrogen and oxygen atoms in total. The van der Waals surface area contributed by atoms with Gasteiger partial charge in [0.15, 0.2) is 0 Å². The zero-order valence-corrected chi connectivity index (χ0v) is 16.9. The number of alkyl halides is 3. The maximum atomic E-state index is 13.0. The molecule has 2 saturated carbocycles. The van der Waals surface area contributed by atoms with Gasteiger partial charge in [-0.05, 0) is 54.9 Å². The number of hydrogen-bond acceptors (Lipinski definition) is 3. The summed E-state index contributed by atoms with van der Waals surface area (Å²) < 4.78 is 57.5. The lowest BCUT2D eigenvalue weighted by atomic mass is 9.48. The highest BCUT2D eigenvalue weighted by atomic mass is 32.2. The van der Waals surface area contributed by atoms with Crippen LogP contribution in [0.4, 0.5) is 13.2 Å². The molecule has 0 heterocycles. The Hall–Kier alpha value is -1.15. The molecule has 2 fully saturated rings. The zero-order valence-electron chi connectivity index (χ0n) is 16.1. The fraction of sp³-hybridized carbons (Fsp3) is 0.750. The SMILES string of the molecule is C[C@@]12CCC[C@H]1[C@@H]1CC=C3C=CCC[C@]3(C)[C@H]1C(=O)C2.O=S(=O)(O)C(F)(F)F. The molecule has 0 bridgehead atoms. The predicted octanol–water partition coefficient (Wildman–Crippen LogP) is 5.08. The van der Waals surface area contributed by atoms with Crippen molar-refractivity contribution in [1.82, 2.24) is 0 Å². The molecular formula is C20H27F3O4S. The van der Waals surface area contributed by atoms with Crippen molar-refractivity contribution in [3.63, 3.8) is 0 Å². The van der Waals surface area contributed by atoms with Crippen LogP contribution in [-0.2, 0) is 14.9 Å². The molecule has 0 aromatic carbocycles. The van der Waals surface area contributed by atoms with Crippen LogP contribution in [-0.4, -0.2) is 24.3 Å². The molecule has 0 unspecified atom stereocenters. The van der Waals surface area contributed by atoms with Crippen LogP contribution in [0, 0.1) is 28.6 Å². The summed E-state index contributed by atoms with van der Waals surface area (Å²) in [6.45, 7) is 4.76. The van der Waals surface area contributed by atoms with Crippen molar-refractivity contribution in [3.8, 4) is 0 Å². The van der Waals surface area contributed by atoms with Crippen LogP contribution in [0.1, 0.15) is 58.8 Å². The van der Waals surface area contributed by atoms with Gasteiger partial charge in [0.1, 0.15) is 5.78 Å². The number of carbonyl (C=O) groups excluding carboxylic acids is 1. The summed E-state index contributed by atoms with van der Waals surface area (Å²) in [6.07, 6.45) is 15.4. The van der Waals surface area contributed by atoms with Gasteiger partial charge in [-0.3, -0.25) is 9.35 Å². The van der Waals surface area contributed by atoms with Crippen LogP contribution >= 0.6 is 0 Å². The molecule has 0 aromatic heterocycles. The number of Topliss-reactive ketones (excluding diaryl/α,β-unsaturated/α-hetero) is 1. The van der Waals surface area contributed by atoms with Gasteiger partial charge in [0.25, 0.3) is 0 Å². The van der Waals surface area contributed by atoms with Crippen molar-refractivity contribution in [2.24, 2.45) is 28.6 Å². The van der Waals surface area contributed by atoms with Crippen LogP contribution < -0.4 is 0 Å². The molecule has 1 N–H and O–H groups in total. The number of rotatable bonds is 0. The van der Waals surface area contributed by atoms with Gasteiger partial charge in [0, 0.05) is 17.8 Å². The van der Waals surface area contributed by atoms with Crippen molar-refractivity contribution >= 4 is 15.9 Å². The Morgan fingerprint density at radius 1 is 1.21 bits per heavy atom. The Morgan fingerprint density at radius 3 is 2.46 bits per heavy atom. The number of ketones is 1. The van der Waals surface area contributed by atoms with Crippen molar-refractivity contribution in [2.75, 3.05) is 0 Å². The third-order valence-electron chi connectivity index (χ3n) is 7.40. The lowest BCUT2D eigenvalue weighted by molar-refractivity contribution is -0.141. The van der Waals surface area contributed by atoms with Crippen LogP contribution in [0.2, 0.25) is 0 Å². The van der Waals surface area contributed by atoms with E-state index in [0.717, 1.165) is 25.2 Å². The predicted molar refractivity (Wildman–Crippen MR) is 98.8 cm³/mol. The van der Waals surface area contributed by atoms with Gasteiger partial charge >= 0.3 is 15.6 Å². The van der Waals surface area contributed by atoms with Crippen molar-refractivity contribution < 1.29 is 30.9 Å². The summed E-state index contributed by atoms with van der Waals surface area (Å²) in [5, 5.41) is 0. The largest absolute Gasteiger partial charge is 0.522 e. The third-order valence-corrected chi connectivity index (χ3v) is 7.99. The van der Waals surface area contributed by atoms with E-state index in [1.807, 2.05) is 0 Å². The Balaban J connectivity index is 0.000000242. The first kappa shape index (κ1) is 21.6. The second-order valence-corrected chi connectivity index (χ2v) is 10.5. The Bertz CT molecular complexity index is 814. The molecule has 5 atom stereocenters. The summed E-state index contributed by atoms with van der Waals surface area (Å²) in [7, 11) is -5.84. The van der Waals surface area contributed by atoms with Gasteiger partial charge in [-0.15, -0.1) is 0 Å². The summed E-state index contributed by atoms with van der Waals surface area (Å²) in [6, 6.07) is 0.